The van der Waals surface area contributed by atoms with E-state index in [1.807, 2.05) is 48.5 Å². The summed E-state index contributed by atoms with van der Waals surface area (Å²) in [5.41, 5.74) is 10.8. The maximum absolute atomic E-state index is 12.7. The molecular formula is C26H32N4O2S. The molecule has 3 aromatic rings. The Hall–Kier alpha value is -3.03. The minimum Gasteiger partial charge on any atom is -0.463 e. The van der Waals surface area contributed by atoms with Gasteiger partial charge in [-0.25, -0.2) is 4.98 Å². The van der Waals surface area contributed by atoms with Crippen LogP contribution in [0, 0.1) is 6.92 Å². The van der Waals surface area contributed by atoms with E-state index in [2.05, 4.69) is 53.4 Å². The largest absolute Gasteiger partial charge is 0.463 e. The number of carbonyl (C=O) groups excluding carboxylic acids is 1. The van der Waals surface area contributed by atoms with Crippen molar-refractivity contribution in [3.63, 3.8) is 0 Å². The molecule has 33 heavy (non-hydrogen) atoms. The third-order valence-electron chi connectivity index (χ3n) is 5.17. The standard InChI is InChI=1S/C26H32N4O2S/c1-18-7-6-8-20(15-18)13-14-28-25(31)19(2)32-26-24(29-16-22(27)17-33)12-11-23(30-26)21-9-4-3-5-10-21/h3-12,15,19,22,29,33H,13-14,16-17,27H2,1-2H3,(H,28,31). The molecular weight excluding hydrogens is 432 g/mol. The lowest BCUT2D eigenvalue weighted by atomic mass is 10.1. The summed E-state index contributed by atoms with van der Waals surface area (Å²) in [6, 6.07) is 21.8. The van der Waals surface area contributed by atoms with Crippen molar-refractivity contribution in [3.05, 3.63) is 77.9 Å². The van der Waals surface area contributed by atoms with Crippen LogP contribution in [0.25, 0.3) is 11.3 Å². The predicted molar refractivity (Wildman–Crippen MR) is 138 cm³/mol. The molecule has 0 fully saturated rings. The molecule has 2 unspecified atom stereocenters. The minimum absolute atomic E-state index is 0.114. The summed E-state index contributed by atoms with van der Waals surface area (Å²) in [5.74, 6) is 0.731. The molecule has 1 aromatic heterocycles. The number of nitrogens with two attached hydrogens (primary N) is 1. The highest BCUT2D eigenvalue weighted by molar-refractivity contribution is 7.80. The van der Waals surface area contributed by atoms with Crippen molar-refractivity contribution in [2.45, 2.75) is 32.4 Å². The number of carbonyl (C=O) groups is 1. The van der Waals surface area contributed by atoms with Crippen molar-refractivity contribution in [3.8, 4) is 17.1 Å². The average molecular weight is 465 g/mol. The highest BCUT2D eigenvalue weighted by Gasteiger charge is 2.18. The summed E-state index contributed by atoms with van der Waals surface area (Å²) in [4.78, 5) is 17.4. The Balaban J connectivity index is 1.68. The van der Waals surface area contributed by atoms with Crippen molar-refractivity contribution in [2.24, 2.45) is 5.73 Å². The first-order valence-electron chi connectivity index (χ1n) is 11.1. The lowest BCUT2D eigenvalue weighted by Crippen LogP contribution is -2.37. The van der Waals surface area contributed by atoms with Crippen LogP contribution >= 0.6 is 12.6 Å². The maximum atomic E-state index is 12.7. The van der Waals surface area contributed by atoms with E-state index in [9.17, 15) is 4.79 Å². The number of hydrogen-bond donors (Lipinski definition) is 4. The van der Waals surface area contributed by atoms with Crippen LogP contribution in [-0.4, -0.2) is 41.9 Å². The molecule has 1 heterocycles. The molecule has 4 N–H and O–H groups in total. The lowest BCUT2D eigenvalue weighted by molar-refractivity contribution is -0.127. The monoisotopic (exact) mass is 464 g/mol. The fourth-order valence-electron chi connectivity index (χ4n) is 3.30. The number of aryl methyl sites for hydroxylation is 1. The highest BCUT2D eigenvalue weighted by Crippen LogP contribution is 2.28. The van der Waals surface area contributed by atoms with Gasteiger partial charge in [0.1, 0.15) is 0 Å². The first kappa shape index (κ1) is 24.6. The van der Waals surface area contributed by atoms with Crippen molar-refractivity contribution in [1.29, 1.82) is 0 Å². The van der Waals surface area contributed by atoms with Crippen LogP contribution < -0.4 is 21.1 Å². The second-order valence-electron chi connectivity index (χ2n) is 8.03. The van der Waals surface area contributed by atoms with Gasteiger partial charge in [0, 0.05) is 30.4 Å². The number of amides is 1. The number of pyridine rings is 1. The van der Waals surface area contributed by atoms with Crippen molar-refractivity contribution >= 4 is 24.2 Å². The molecule has 2 aromatic carbocycles. The third kappa shape index (κ3) is 7.51. The van der Waals surface area contributed by atoms with E-state index in [1.54, 1.807) is 6.92 Å². The fourth-order valence-corrected chi connectivity index (χ4v) is 3.43. The van der Waals surface area contributed by atoms with Crippen molar-refractivity contribution in [2.75, 3.05) is 24.2 Å². The fraction of sp³-hybridized carbons (Fsp3) is 0.308. The molecule has 0 saturated carbocycles. The van der Waals surface area contributed by atoms with Crippen molar-refractivity contribution < 1.29 is 9.53 Å². The van der Waals surface area contributed by atoms with Crippen LogP contribution in [0.2, 0.25) is 0 Å². The summed E-state index contributed by atoms with van der Waals surface area (Å²) in [6.45, 7) is 4.84. The second kappa shape index (κ2) is 12.3. The molecule has 174 valence electrons. The third-order valence-corrected chi connectivity index (χ3v) is 5.64. The number of nitrogens with zero attached hydrogens (tertiary/aromatic N) is 1. The van der Waals surface area contributed by atoms with E-state index in [0.29, 0.717) is 30.4 Å². The lowest BCUT2D eigenvalue weighted by Gasteiger charge is -2.19. The van der Waals surface area contributed by atoms with Crippen molar-refractivity contribution in [1.82, 2.24) is 10.3 Å². The number of thiol groups is 1. The zero-order valence-corrected chi connectivity index (χ0v) is 20.0. The Morgan fingerprint density at radius 1 is 1.12 bits per heavy atom. The van der Waals surface area contributed by atoms with Gasteiger partial charge in [0.15, 0.2) is 6.10 Å². The van der Waals surface area contributed by atoms with Gasteiger partial charge in [-0.2, -0.15) is 12.6 Å². The van der Waals surface area contributed by atoms with Crippen LogP contribution in [0.5, 0.6) is 5.88 Å². The average Bonchev–Trinajstić information content (AvgIpc) is 2.83. The topological polar surface area (TPSA) is 89.3 Å². The van der Waals surface area contributed by atoms with Crippen LogP contribution in [-0.2, 0) is 11.2 Å². The van der Waals surface area contributed by atoms with E-state index in [1.165, 1.54) is 11.1 Å². The smallest absolute Gasteiger partial charge is 0.260 e. The Morgan fingerprint density at radius 3 is 2.64 bits per heavy atom. The maximum Gasteiger partial charge on any atom is 0.260 e. The molecule has 0 saturated heterocycles. The number of anilines is 1. The zero-order valence-electron chi connectivity index (χ0n) is 19.1. The van der Waals surface area contributed by atoms with Gasteiger partial charge in [0.25, 0.3) is 5.91 Å². The molecule has 0 aliphatic rings. The van der Waals surface area contributed by atoms with Crippen LogP contribution in [0.4, 0.5) is 5.69 Å². The number of nitrogens with one attached hydrogen (secondary N) is 2. The molecule has 3 rings (SSSR count). The highest BCUT2D eigenvalue weighted by atomic mass is 32.1. The van der Waals surface area contributed by atoms with Gasteiger partial charge in [0.05, 0.1) is 11.4 Å². The molecule has 1 amide bonds. The van der Waals surface area contributed by atoms with Gasteiger partial charge < -0.3 is 21.1 Å². The number of hydrogen-bond acceptors (Lipinski definition) is 6. The zero-order chi connectivity index (χ0) is 23.6. The molecule has 0 aliphatic heterocycles. The Kier molecular flexibility index (Phi) is 9.15. The van der Waals surface area contributed by atoms with Gasteiger partial charge in [0.2, 0.25) is 5.88 Å². The normalized spacial score (nSPS) is 12.6. The Morgan fingerprint density at radius 2 is 1.91 bits per heavy atom. The van der Waals surface area contributed by atoms with E-state index in [4.69, 9.17) is 10.5 Å². The Bertz CT molecular complexity index is 1050. The predicted octanol–water partition coefficient (Wildman–Crippen LogP) is 3.85. The van der Waals surface area contributed by atoms with Gasteiger partial charge >= 0.3 is 0 Å². The molecule has 0 aliphatic carbocycles. The summed E-state index contributed by atoms with van der Waals surface area (Å²) in [5, 5.41) is 6.22. The second-order valence-corrected chi connectivity index (χ2v) is 8.39. The molecule has 0 bridgehead atoms. The Labute approximate surface area is 201 Å². The quantitative estimate of drug-likeness (QED) is 0.324. The first-order chi connectivity index (χ1) is 16.0. The summed E-state index contributed by atoms with van der Waals surface area (Å²) < 4.78 is 6.01. The van der Waals surface area contributed by atoms with E-state index >= 15 is 0 Å². The summed E-state index contributed by atoms with van der Waals surface area (Å²) in [6.07, 6.45) is 0.0520. The van der Waals surface area contributed by atoms with Crippen LogP contribution in [0.3, 0.4) is 0 Å². The van der Waals surface area contributed by atoms with E-state index < -0.39 is 6.10 Å². The molecule has 2 atom stereocenters. The SMILES string of the molecule is Cc1cccc(CCNC(=O)C(C)Oc2nc(-c3ccccc3)ccc2NCC(N)CS)c1. The summed E-state index contributed by atoms with van der Waals surface area (Å²) in [7, 11) is 0. The number of benzene rings is 2. The van der Waals surface area contributed by atoms with Gasteiger partial charge in [-0.1, -0.05) is 60.2 Å². The minimum atomic E-state index is -0.708. The number of rotatable bonds is 11. The van der Waals surface area contributed by atoms with Gasteiger partial charge in [-0.05, 0) is 38.0 Å². The number of aromatic nitrogens is 1. The van der Waals surface area contributed by atoms with E-state index in [0.717, 1.165) is 17.7 Å². The first-order valence-corrected chi connectivity index (χ1v) is 11.8. The van der Waals surface area contributed by atoms with Gasteiger partial charge in [-0.15, -0.1) is 0 Å². The molecule has 0 radical (unpaired) electrons. The van der Waals surface area contributed by atoms with Gasteiger partial charge in [-0.3, -0.25) is 4.79 Å². The van der Waals surface area contributed by atoms with E-state index in [-0.39, 0.29) is 11.9 Å². The van der Waals surface area contributed by atoms with Crippen LogP contribution in [0.1, 0.15) is 18.1 Å². The molecule has 7 heteroatoms. The molecule has 6 nitrogen and oxygen atoms in total. The molecule has 0 spiro atoms. The number of ether oxygens (including phenoxy) is 1. The van der Waals surface area contributed by atoms with Crippen LogP contribution in [0.15, 0.2) is 66.7 Å². The summed E-state index contributed by atoms with van der Waals surface area (Å²) >= 11 is 4.23.